The lowest BCUT2D eigenvalue weighted by Crippen LogP contribution is -2.26. The molecule has 0 saturated carbocycles. The molecule has 1 N–H and O–H groups in total. The maximum absolute atomic E-state index is 12.2. The molecule has 3 aromatic rings. The first-order chi connectivity index (χ1) is 11.7. The monoisotopic (exact) mass is 342 g/mol. The molecule has 0 bridgehead atoms. The lowest BCUT2D eigenvalue weighted by molar-refractivity contribution is 0.0954. The van der Waals surface area contributed by atoms with Gasteiger partial charge in [0.15, 0.2) is 5.65 Å². The molecule has 0 atom stereocenters. The average Bonchev–Trinajstić information content (AvgIpc) is 2.93. The van der Waals surface area contributed by atoms with Crippen molar-refractivity contribution in [3.63, 3.8) is 0 Å². The van der Waals surface area contributed by atoms with Gasteiger partial charge in [0.2, 0.25) is 0 Å². The molecule has 5 nitrogen and oxygen atoms in total. The third-order valence-corrected chi connectivity index (χ3v) is 3.99. The van der Waals surface area contributed by atoms with Crippen molar-refractivity contribution in [3.8, 4) is 0 Å². The van der Waals surface area contributed by atoms with Crippen molar-refractivity contribution in [2.24, 2.45) is 0 Å². The Kier molecular flexibility index (Phi) is 5.11. The Labute approximate surface area is 145 Å². The fourth-order valence-corrected chi connectivity index (χ4v) is 2.86. The number of hydrogen-bond donors (Lipinski definition) is 1. The first-order valence-corrected chi connectivity index (χ1v) is 8.40. The number of nitrogens with zero attached hydrogens (tertiary/aromatic N) is 3. The number of aromatic nitrogens is 3. The zero-order chi connectivity index (χ0) is 16.9. The van der Waals surface area contributed by atoms with E-state index in [-0.39, 0.29) is 5.91 Å². The minimum Gasteiger partial charge on any atom is -0.352 e. The van der Waals surface area contributed by atoms with Gasteiger partial charge in [0, 0.05) is 36.3 Å². The van der Waals surface area contributed by atoms with Crippen molar-refractivity contribution in [2.45, 2.75) is 26.3 Å². The molecule has 1 amide bonds. The van der Waals surface area contributed by atoms with Crippen molar-refractivity contribution >= 4 is 28.7 Å². The maximum Gasteiger partial charge on any atom is 0.251 e. The average molecular weight is 343 g/mol. The number of carbonyl (C=O) groups is 1. The van der Waals surface area contributed by atoms with E-state index in [1.807, 2.05) is 12.1 Å². The second-order valence-electron chi connectivity index (χ2n) is 5.54. The summed E-state index contributed by atoms with van der Waals surface area (Å²) in [7, 11) is 0. The lowest BCUT2D eigenvalue weighted by Gasteiger charge is -2.08. The summed E-state index contributed by atoms with van der Waals surface area (Å²) in [4.78, 5) is 21.2. The highest BCUT2D eigenvalue weighted by Crippen LogP contribution is 2.15. The lowest BCUT2D eigenvalue weighted by atomic mass is 10.2. The Morgan fingerprint density at radius 1 is 1.29 bits per heavy atom. The molecule has 24 heavy (non-hydrogen) atoms. The first-order valence-electron chi connectivity index (χ1n) is 8.03. The molecule has 0 aliphatic carbocycles. The van der Waals surface area contributed by atoms with Gasteiger partial charge >= 0.3 is 0 Å². The van der Waals surface area contributed by atoms with E-state index in [9.17, 15) is 4.79 Å². The summed E-state index contributed by atoms with van der Waals surface area (Å²) in [6.07, 6.45) is 3.44. The minimum atomic E-state index is -0.131. The number of hydrogen-bond acceptors (Lipinski definition) is 3. The van der Waals surface area contributed by atoms with Crippen LogP contribution in [0.4, 0.5) is 0 Å². The molecule has 0 aliphatic heterocycles. The number of halogens is 1. The highest BCUT2D eigenvalue weighted by Gasteiger charge is 2.11. The fraction of sp³-hybridized carbons (Fsp3) is 0.278. The minimum absolute atomic E-state index is 0.131. The fourth-order valence-electron chi connectivity index (χ4n) is 2.67. The molecule has 2 heterocycles. The molecule has 0 radical (unpaired) electrons. The SMILES string of the molecule is CCCn1c(CCNC(=O)c2cccc(Cl)c2)nc2cccnc21. The molecule has 6 heteroatoms. The van der Waals surface area contributed by atoms with Crippen LogP contribution in [0.5, 0.6) is 0 Å². The summed E-state index contributed by atoms with van der Waals surface area (Å²) in [5.74, 6) is 0.811. The highest BCUT2D eigenvalue weighted by molar-refractivity contribution is 6.30. The van der Waals surface area contributed by atoms with Crippen molar-refractivity contribution < 1.29 is 4.79 Å². The Morgan fingerprint density at radius 2 is 2.17 bits per heavy atom. The maximum atomic E-state index is 12.2. The van der Waals surface area contributed by atoms with Crippen molar-refractivity contribution in [1.82, 2.24) is 19.9 Å². The zero-order valence-corrected chi connectivity index (χ0v) is 14.3. The van der Waals surface area contributed by atoms with Gasteiger partial charge in [0.1, 0.15) is 11.3 Å². The van der Waals surface area contributed by atoms with Gasteiger partial charge in [-0.25, -0.2) is 9.97 Å². The molecule has 124 valence electrons. The molecule has 0 saturated heterocycles. The van der Waals surface area contributed by atoms with Gasteiger partial charge in [-0.15, -0.1) is 0 Å². The summed E-state index contributed by atoms with van der Waals surface area (Å²) in [5, 5.41) is 3.47. The van der Waals surface area contributed by atoms with Gasteiger partial charge in [0.05, 0.1) is 0 Å². The van der Waals surface area contributed by atoms with Crippen LogP contribution in [0.25, 0.3) is 11.2 Å². The number of imidazole rings is 1. The largest absolute Gasteiger partial charge is 0.352 e. The third kappa shape index (κ3) is 3.57. The smallest absolute Gasteiger partial charge is 0.251 e. The molecule has 0 spiro atoms. The predicted molar refractivity (Wildman–Crippen MR) is 95.3 cm³/mol. The molecule has 0 aliphatic rings. The van der Waals surface area contributed by atoms with E-state index in [1.54, 1.807) is 30.5 Å². The third-order valence-electron chi connectivity index (χ3n) is 3.75. The number of nitrogens with one attached hydrogen (secondary N) is 1. The van der Waals surface area contributed by atoms with Crippen LogP contribution in [0.1, 0.15) is 29.5 Å². The van der Waals surface area contributed by atoms with E-state index < -0.39 is 0 Å². The van der Waals surface area contributed by atoms with Gasteiger partial charge < -0.3 is 9.88 Å². The molecule has 1 aromatic carbocycles. The predicted octanol–water partition coefficient (Wildman–Crippen LogP) is 3.47. The Bertz CT molecular complexity index is 859. The molecule has 0 unspecified atom stereocenters. The van der Waals surface area contributed by atoms with Gasteiger partial charge in [-0.2, -0.15) is 0 Å². The number of aryl methyl sites for hydroxylation is 1. The van der Waals surface area contributed by atoms with Gasteiger partial charge in [-0.3, -0.25) is 4.79 Å². The van der Waals surface area contributed by atoms with E-state index in [1.165, 1.54) is 0 Å². The standard InChI is InChI=1S/C18H19ClN4O/c1-2-11-23-16(22-15-7-4-9-20-17(15)23)8-10-21-18(24)13-5-3-6-14(19)12-13/h3-7,9,12H,2,8,10-11H2,1H3,(H,21,24). The normalized spacial score (nSPS) is 10.9. The van der Waals surface area contributed by atoms with Crippen LogP contribution in [-0.4, -0.2) is 27.0 Å². The molecule has 2 aromatic heterocycles. The number of pyridine rings is 1. The van der Waals surface area contributed by atoms with Gasteiger partial charge in [0.25, 0.3) is 5.91 Å². The van der Waals surface area contributed by atoms with E-state index in [2.05, 4.69) is 26.8 Å². The van der Waals surface area contributed by atoms with Crippen molar-refractivity contribution in [2.75, 3.05) is 6.54 Å². The number of rotatable bonds is 6. The topological polar surface area (TPSA) is 59.8 Å². The molecular weight excluding hydrogens is 324 g/mol. The summed E-state index contributed by atoms with van der Waals surface area (Å²) in [6.45, 7) is 3.50. The van der Waals surface area contributed by atoms with Gasteiger partial charge in [-0.05, 0) is 36.8 Å². The quantitative estimate of drug-likeness (QED) is 0.746. The van der Waals surface area contributed by atoms with Crippen LogP contribution in [0.3, 0.4) is 0 Å². The first kappa shape index (κ1) is 16.5. The van der Waals surface area contributed by atoms with Crippen molar-refractivity contribution in [3.05, 3.63) is 59.0 Å². The summed E-state index contributed by atoms with van der Waals surface area (Å²) < 4.78 is 2.13. The van der Waals surface area contributed by atoms with E-state index in [0.29, 0.717) is 23.6 Å². The van der Waals surface area contributed by atoms with Crippen LogP contribution in [-0.2, 0) is 13.0 Å². The van der Waals surface area contributed by atoms with E-state index in [4.69, 9.17) is 11.6 Å². The van der Waals surface area contributed by atoms with Gasteiger partial charge in [-0.1, -0.05) is 24.6 Å². The Morgan fingerprint density at radius 3 is 2.96 bits per heavy atom. The van der Waals surface area contributed by atoms with E-state index >= 15 is 0 Å². The summed E-state index contributed by atoms with van der Waals surface area (Å²) in [5.41, 5.74) is 2.35. The van der Waals surface area contributed by atoms with Crippen molar-refractivity contribution in [1.29, 1.82) is 0 Å². The number of benzene rings is 1. The second-order valence-corrected chi connectivity index (χ2v) is 5.98. The van der Waals surface area contributed by atoms with Crippen LogP contribution in [0.15, 0.2) is 42.6 Å². The highest BCUT2D eigenvalue weighted by atomic mass is 35.5. The molecule has 3 rings (SSSR count). The molecule has 0 fully saturated rings. The second kappa shape index (κ2) is 7.45. The summed E-state index contributed by atoms with van der Waals surface area (Å²) in [6, 6.07) is 10.8. The Balaban J connectivity index is 1.69. The van der Waals surface area contributed by atoms with Crippen LogP contribution in [0.2, 0.25) is 5.02 Å². The number of amides is 1. The molecular formula is C18H19ClN4O. The number of carbonyl (C=O) groups excluding carboxylic acids is 1. The van der Waals surface area contributed by atoms with E-state index in [0.717, 1.165) is 30.0 Å². The zero-order valence-electron chi connectivity index (χ0n) is 13.5. The van der Waals surface area contributed by atoms with Crippen LogP contribution in [0, 0.1) is 0 Å². The Hall–Kier alpha value is -2.40. The summed E-state index contributed by atoms with van der Waals surface area (Å²) >= 11 is 5.92. The van der Waals surface area contributed by atoms with Crippen LogP contribution >= 0.6 is 11.6 Å². The number of fused-ring (bicyclic) bond motifs is 1. The van der Waals surface area contributed by atoms with Crippen LogP contribution < -0.4 is 5.32 Å².